The van der Waals surface area contributed by atoms with E-state index < -0.39 is 0 Å². The number of ether oxygens (including phenoxy) is 1. The maximum absolute atomic E-state index is 6.40. The Morgan fingerprint density at radius 2 is 1.79 bits per heavy atom. The molecule has 0 atom stereocenters. The molecule has 0 radical (unpaired) electrons. The quantitative estimate of drug-likeness (QED) is 0.431. The Morgan fingerprint density at radius 1 is 1.07 bits per heavy atom. The Kier molecular flexibility index (Phi) is 8.84. The number of hydrogen-bond donors (Lipinski definition) is 1. The van der Waals surface area contributed by atoms with E-state index in [-0.39, 0.29) is 12.4 Å². The van der Waals surface area contributed by atoms with E-state index in [9.17, 15) is 0 Å². The number of aromatic nitrogens is 1. The van der Waals surface area contributed by atoms with Crippen molar-refractivity contribution in [2.45, 2.75) is 46.4 Å². The number of hydrogen-bond acceptors (Lipinski definition) is 2. The molecule has 0 aliphatic rings. The molecule has 0 aliphatic carbocycles. The number of para-hydroxylation sites is 1. The van der Waals surface area contributed by atoms with Gasteiger partial charge < -0.3 is 14.6 Å². The number of halogens is 2. The normalized spacial score (nSPS) is 11.2. The number of rotatable bonds is 9. The van der Waals surface area contributed by atoms with Crippen molar-refractivity contribution < 1.29 is 4.74 Å². The molecular weight excluding hydrogens is 391 g/mol. The van der Waals surface area contributed by atoms with Crippen LogP contribution in [0, 0.1) is 6.92 Å². The van der Waals surface area contributed by atoms with Gasteiger partial charge in [0.25, 0.3) is 0 Å². The molecule has 0 saturated carbocycles. The lowest BCUT2D eigenvalue weighted by Crippen LogP contribution is -2.18. The minimum Gasteiger partial charge on any atom is -0.379 e. The fraction of sp³-hybridized carbons (Fsp3) is 0.391. The highest BCUT2D eigenvalue weighted by molar-refractivity contribution is 6.31. The van der Waals surface area contributed by atoms with Crippen molar-refractivity contribution in [3.63, 3.8) is 0 Å². The average molecular weight is 421 g/mol. The molecule has 1 aromatic heterocycles. The van der Waals surface area contributed by atoms with E-state index in [0.717, 1.165) is 43.2 Å². The third-order valence-electron chi connectivity index (χ3n) is 4.90. The Hall–Kier alpha value is -1.52. The zero-order valence-electron chi connectivity index (χ0n) is 16.9. The summed E-state index contributed by atoms with van der Waals surface area (Å²) in [5.74, 6) is 0. The Labute approximate surface area is 179 Å². The molecule has 3 aromatic rings. The molecule has 0 amide bonds. The molecule has 2 aromatic carbocycles. The maximum atomic E-state index is 6.40. The lowest BCUT2D eigenvalue weighted by Gasteiger charge is -2.11. The van der Waals surface area contributed by atoms with E-state index in [2.05, 4.69) is 61.0 Å². The van der Waals surface area contributed by atoms with Gasteiger partial charge in [-0.15, -0.1) is 12.4 Å². The zero-order valence-corrected chi connectivity index (χ0v) is 18.4. The first-order chi connectivity index (χ1) is 13.1. The highest BCUT2D eigenvalue weighted by Crippen LogP contribution is 2.28. The maximum Gasteiger partial charge on any atom is 0.0518 e. The van der Waals surface area contributed by atoms with E-state index in [1.807, 2.05) is 18.2 Å². The topological polar surface area (TPSA) is 26.2 Å². The summed E-state index contributed by atoms with van der Waals surface area (Å²) in [5.41, 5.74) is 5.06. The number of benzene rings is 2. The van der Waals surface area contributed by atoms with Crippen molar-refractivity contribution in [2.75, 3.05) is 13.2 Å². The summed E-state index contributed by atoms with van der Waals surface area (Å²) >= 11 is 6.40. The van der Waals surface area contributed by atoms with Crippen LogP contribution >= 0.6 is 24.0 Å². The fourth-order valence-electron chi connectivity index (χ4n) is 3.46. The highest BCUT2D eigenvalue weighted by atomic mass is 35.5. The first-order valence-corrected chi connectivity index (χ1v) is 10.1. The van der Waals surface area contributed by atoms with E-state index in [1.54, 1.807) is 0 Å². The van der Waals surface area contributed by atoms with E-state index in [1.165, 1.54) is 22.2 Å². The van der Waals surface area contributed by atoms with Crippen LogP contribution < -0.4 is 5.32 Å². The Morgan fingerprint density at radius 3 is 2.54 bits per heavy atom. The van der Waals surface area contributed by atoms with Crippen molar-refractivity contribution >= 4 is 34.9 Å². The van der Waals surface area contributed by atoms with Crippen molar-refractivity contribution in [1.29, 1.82) is 0 Å². The van der Waals surface area contributed by atoms with Crippen molar-refractivity contribution in [3.8, 4) is 0 Å². The van der Waals surface area contributed by atoms with Crippen molar-refractivity contribution in [1.82, 2.24) is 9.88 Å². The molecular formula is C23H30Cl2N2O. The molecule has 0 spiro atoms. The van der Waals surface area contributed by atoms with Gasteiger partial charge in [-0.2, -0.15) is 0 Å². The molecule has 0 bridgehead atoms. The van der Waals surface area contributed by atoms with Crippen LogP contribution in [0.2, 0.25) is 5.02 Å². The lowest BCUT2D eigenvalue weighted by molar-refractivity contribution is 0.0770. The second-order valence-corrected chi connectivity index (χ2v) is 7.62. The zero-order chi connectivity index (χ0) is 19.2. The third-order valence-corrected chi connectivity index (χ3v) is 5.27. The summed E-state index contributed by atoms with van der Waals surface area (Å²) in [7, 11) is 0. The molecule has 0 saturated heterocycles. The summed E-state index contributed by atoms with van der Waals surface area (Å²) in [5, 5.41) is 5.71. The number of nitrogens with zero attached hydrogens (tertiary/aromatic N) is 1. The SMILES string of the molecule is Cc1c(CNCCCOC(C)C)c2ccccc2n1Cc1ccccc1Cl.Cl. The molecule has 1 N–H and O–H groups in total. The Balaban J connectivity index is 0.00000280. The van der Waals surface area contributed by atoms with Gasteiger partial charge in [-0.3, -0.25) is 0 Å². The van der Waals surface area contributed by atoms with Crippen LogP contribution in [0.5, 0.6) is 0 Å². The van der Waals surface area contributed by atoms with E-state index >= 15 is 0 Å². The van der Waals surface area contributed by atoms with Crippen LogP contribution in [0.15, 0.2) is 48.5 Å². The smallest absolute Gasteiger partial charge is 0.0518 e. The molecule has 28 heavy (non-hydrogen) atoms. The van der Waals surface area contributed by atoms with Crippen LogP contribution in [0.4, 0.5) is 0 Å². The van der Waals surface area contributed by atoms with Crippen LogP contribution in [-0.2, 0) is 17.8 Å². The van der Waals surface area contributed by atoms with Gasteiger partial charge in [0.2, 0.25) is 0 Å². The van der Waals surface area contributed by atoms with Gasteiger partial charge in [0.15, 0.2) is 0 Å². The van der Waals surface area contributed by atoms with Gasteiger partial charge in [-0.05, 0) is 57.0 Å². The summed E-state index contributed by atoms with van der Waals surface area (Å²) in [6, 6.07) is 16.7. The summed E-state index contributed by atoms with van der Waals surface area (Å²) in [6.45, 7) is 9.76. The molecule has 0 fully saturated rings. The van der Waals surface area contributed by atoms with Gasteiger partial charge in [0.1, 0.15) is 0 Å². The molecule has 5 heteroatoms. The molecule has 0 aliphatic heterocycles. The van der Waals surface area contributed by atoms with Crippen LogP contribution in [-0.4, -0.2) is 23.8 Å². The minimum absolute atomic E-state index is 0. The molecule has 3 rings (SSSR count). The second kappa shape index (κ2) is 10.9. The van der Waals surface area contributed by atoms with Crippen LogP contribution in [0.1, 0.15) is 37.1 Å². The first kappa shape index (κ1) is 22.8. The molecule has 3 nitrogen and oxygen atoms in total. The summed E-state index contributed by atoms with van der Waals surface area (Å²) in [4.78, 5) is 0. The van der Waals surface area contributed by atoms with E-state index in [0.29, 0.717) is 6.10 Å². The predicted molar refractivity (Wildman–Crippen MR) is 122 cm³/mol. The van der Waals surface area contributed by atoms with Gasteiger partial charge in [0.05, 0.1) is 6.10 Å². The molecule has 1 heterocycles. The van der Waals surface area contributed by atoms with Crippen LogP contribution in [0.3, 0.4) is 0 Å². The number of nitrogens with one attached hydrogen (secondary N) is 1. The first-order valence-electron chi connectivity index (χ1n) is 9.70. The second-order valence-electron chi connectivity index (χ2n) is 7.21. The average Bonchev–Trinajstić information content (AvgIpc) is 2.91. The minimum atomic E-state index is 0. The largest absolute Gasteiger partial charge is 0.379 e. The summed E-state index contributed by atoms with van der Waals surface area (Å²) < 4.78 is 7.98. The van der Waals surface area contributed by atoms with Gasteiger partial charge in [-0.25, -0.2) is 0 Å². The standard InChI is InChI=1S/C23H29ClN2O.ClH/c1-17(2)27-14-8-13-25-15-21-18(3)26(23-12-7-5-10-20(21)23)16-19-9-4-6-11-22(19)24;/h4-7,9-12,17,25H,8,13-16H2,1-3H3;1H. The molecule has 152 valence electrons. The van der Waals surface area contributed by atoms with Gasteiger partial charge in [0, 0.05) is 41.3 Å². The van der Waals surface area contributed by atoms with Crippen LogP contribution in [0.25, 0.3) is 10.9 Å². The van der Waals surface area contributed by atoms with E-state index in [4.69, 9.17) is 16.3 Å². The highest BCUT2D eigenvalue weighted by Gasteiger charge is 2.14. The molecule has 0 unspecified atom stereocenters. The third kappa shape index (κ3) is 5.51. The van der Waals surface area contributed by atoms with Crippen molar-refractivity contribution in [3.05, 3.63) is 70.4 Å². The predicted octanol–water partition coefficient (Wildman–Crippen LogP) is 5.98. The van der Waals surface area contributed by atoms with Gasteiger partial charge in [-0.1, -0.05) is 48.0 Å². The number of fused-ring (bicyclic) bond motifs is 1. The van der Waals surface area contributed by atoms with Gasteiger partial charge >= 0.3 is 0 Å². The summed E-state index contributed by atoms with van der Waals surface area (Å²) in [6.07, 6.45) is 1.32. The van der Waals surface area contributed by atoms with Crippen molar-refractivity contribution in [2.24, 2.45) is 0 Å². The lowest BCUT2D eigenvalue weighted by atomic mass is 10.1. The Bertz CT molecular complexity index is 889. The monoisotopic (exact) mass is 420 g/mol. The fourth-order valence-corrected chi connectivity index (χ4v) is 3.65.